The number of aliphatic imine (C=N–C) groups is 1. The van der Waals surface area contributed by atoms with Crippen LogP contribution in [0.5, 0.6) is 0 Å². The number of sulfonamides is 1. The van der Waals surface area contributed by atoms with Crippen molar-refractivity contribution in [1.29, 1.82) is 0 Å². The molecule has 30 heavy (non-hydrogen) atoms. The van der Waals surface area contributed by atoms with Gasteiger partial charge in [-0.3, -0.25) is 4.99 Å². The number of piperidine rings is 1. The predicted molar refractivity (Wildman–Crippen MR) is 106 cm³/mol. The third-order valence-electron chi connectivity index (χ3n) is 4.77. The Morgan fingerprint density at radius 1 is 1.23 bits per heavy atom. The Morgan fingerprint density at radius 3 is 2.50 bits per heavy atom. The summed E-state index contributed by atoms with van der Waals surface area (Å²) in [6.07, 6.45) is 4.12. The van der Waals surface area contributed by atoms with Crippen molar-refractivity contribution in [2.75, 3.05) is 20.1 Å². The van der Waals surface area contributed by atoms with Crippen molar-refractivity contribution in [2.24, 2.45) is 4.99 Å². The lowest BCUT2D eigenvalue weighted by Gasteiger charge is -2.32. The van der Waals surface area contributed by atoms with Crippen LogP contribution < -0.4 is 10.6 Å². The summed E-state index contributed by atoms with van der Waals surface area (Å²) in [7, 11) is -3.68. The Hall–Kier alpha value is -2.60. The second-order valence-electron chi connectivity index (χ2n) is 6.82. The van der Waals surface area contributed by atoms with Crippen LogP contribution in [0.1, 0.15) is 18.4 Å². The van der Waals surface area contributed by atoms with E-state index < -0.39 is 15.5 Å². The Kier molecular flexibility index (Phi) is 6.66. The van der Waals surface area contributed by atoms with Gasteiger partial charge in [0, 0.05) is 44.5 Å². The van der Waals surface area contributed by atoms with Gasteiger partial charge in [-0.2, -0.15) is 22.6 Å². The van der Waals surface area contributed by atoms with Crippen LogP contribution in [0, 0.1) is 0 Å². The van der Waals surface area contributed by atoms with Crippen LogP contribution in [0.3, 0.4) is 0 Å². The molecule has 2 N–H and O–H groups in total. The SMILES string of the molecule is CN=C(NCc1cnn(-c2ccccc2)c1)NC1CCN(S(=O)(=O)C(F)(F)F)CC1. The van der Waals surface area contributed by atoms with E-state index in [0.717, 1.165) is 11.3 Å². The number of nitrogens with one attached hydrogen (secondary N) is 2. The van der Waals surface area contributed by atoms with Crippen molar-refractivity contribution in [3.05, 3.63) is 48.3 Å². The highest BCUT2D eigenvalue weighted by Gasteiger charge is 2.50. The number of aromatic nitrogens is 2. The maximum absolute atomic E-state index is 12.7. The summed E-state index contributed by atoms with van der Waals surface area (Å²) in [5.41, 5.74) is -3.41. The lowest BCUT2D eigenvalue weighted by atomic mass is 10.1. The first-order chi connectivity index (χ1) is 14.2. The molecule has 2 heterocycles. The predicted octanol–water partition coefficient (Wildman–Crippen LogP) is 1.85. The van der Waals surface area contributed by atoms with E-state index in [9.17, 15) is 21.6 Å². The number of para-hydroxylation sites is 1. The number of nitrogens with zero attached hydrogens (tertiary/aromatic N) is 4. The Morgan fingerprint density at radius 2 is 1.90 bits per heavy atom. The lowest BCUT2D eigenvalue weighted by molar-refractivity contribution is -0.0494. The molecule has 8 nitrogen and oxygen atoms in total. The normalized spacial score (nSPS) is 17.1. The average molecular weight is 444 g/mol. The van der Waals surface area contributed by atoms with Gasteiger partial charge in [0.05, 0.1) is 11.9 Å². The third kappa shape index (κ3) is 5.11. The fraction of sp³-hybridized carbons (Fsp3) is 0.444. The van der Waals surface area contributed by atoms with Crippen molar-refractivity contribution in [3.63, 3.8) is 0 Å². The maximum atomic E-state index is 12.7. The first kappa shape index (κ1) is 22.1. The van der Waals surface area contributed by atoms with Crippen LogP contribution in [-0.4, -0.2) is 60.2 Å². The molecule has 12 heteroatoms. The molecule has 1 aliphatic rings. The van der Waals surface area contributed by atoms with Crippen LogP contribution >= 0.6 is 0 Å². The highest BCUT2D eigenvalue weighted by molar-refractivity contribution is 7.90. The van der Waals surface area contributed by atoms with Crippen LogP contribution in [0.15, 0.2) is 47.7 Å². The molecule has 0 atom stereocenters. The van der Waals surface area contributed by atoms with E-state index >= 15 is 0 Å². The molecule has 1 saturated heterocycles. The van der Waals surface area contributed by atoms with E-state index in [-0.39, 0.29) is 32.0 Å². The van der Waals surface area contributed by atoms with Gasteiger partial charge in [-0.25, -0.2) is 13.1 Å². The topological polar surface area (TPSA) is 91.6 Å². The molecular formula is C18H23F3N6O2S. The fourth-order valence-electron chi connectivity index (χ4n) is 3.13. The molecular weight excluding hydrogens is 421 g/mol. The zero-order chi connectivity index (χ0) is 21.8. The number of hydrogen-bond donors (Lipinski definition) is 2. The summed E-state index contributed by atoms with van der Waals surface area (Å²) < 4.78 is 63.2. The monoisotopic (exact) mass is 444 g/mol. The average Bonchev–Trinajstić information content (AvgIpc) is 3.20. The van der Waals surface area contributed by atoms with Gasteiger partial charge in [0.15, 0.2) is 5.96 Å². The van der Waals surface area contributed by atoms with Gasteiger partial charge >= 0.3 is 15.5 Å². The van der Waals surface area contributed by atoms with E-state index in [1.807, 2.05) is 36.5 Å². The molecule has 0 radical (unpaired) electrons. The first-order valence-corrected chi connectivity index (χ1v) is 10.8. The molecule has 0 amide bonds. The van der Waals surface area contributed by atoms with Crippen molar-refractivity contribution in [2.45, 2.75) is 30.9 Å². The van der Waals surface area contributed by atoms with Gasteiger partial charge in [0.1, 0.15) is 0 Å². The zero-order valence-corrected chi connectivity index (χ0v) is 17.1. The first-order valence-electron chi connectivity index (χ1n) is 9.33. The molecule has 1 aromatic carbocycles. The molecule has 1 aromatic heterocycles. The minimum atomic E-state index is -5.27. The number of benzene rings is 1. The summed E-state index contributed by atoms with van der Waals surface area (Å²) in [5, 5.41) is 10.6. The van der Waals surface area contributed by atoms with Gasteiger partial charge in [-0.1, -0.05) is 18.2 Å². The number of guanidine groups is 1. The van der Waals surface area contributed by atoms with Gasteiger partial charge in [0.2, 0.25) is 0 Å². The van der Waals surface area contributed by atoms with E-state index in [0.29, 0.717) is 16.8 Å². The summed E-state index contributed by atoms with van der Waals surface area (Å²) in [6.45, 7) is 0.0640. The lowest BCUT2D eigenvalue weighted by Crippen LogP contribution is -2.51. The molecule has 164 valence electrons. The van der Waals surface area contributed by atoms with E-state index in [1.54, 1.807) is 17.9 Å². The van der Waals surface area contributed by atoms with E-state index in [1.165, 1.54) is 0 Å². The molecule has 0 spiro atoms. The van der Waals surface area contributed by atoms with Crippen molar-refractivity contribution < 1.29 is 21.6 Å². The van der Waals surface area contributed by atoms with E-state index in [2.05, 4.69) is 20.7 Å². The quantitative estimate of drug-likeness (QED) is 0.543. The number of hydrogen-bond acceptors (Lipinski definition) is 4. The van der Waals surface area contributed by atoms with Gasteiger partial charge in [-0.15, -0.1) is 0 Å². The minimum Gasteiger partial charge on any atom is -0.354 e. The zero-order valence-electron chi connectivity index (χ0n) is 16.3. The van der Waals surface area contributed by atoms with Gasteiger partial charge in [-0.05, 0) is 25.0 Å². The highest BCUT2D eigenvalue weighted by Crippen LogP contribution is 2.28. The molecule has 0 saturated carbocycles. The molecule has 3 rings (SSSR count). The van der Waals surface area contributed by atoms with Gasteiger partial charge < -0.3 is 10.6 Å². The van der Waals surface area contributed by atoms with Crippen molar-refractivity contribution >= 4 is 16.0 Å². The Bertz CT molecular complexity index is 967. The molecule has 1 fully saturated rings. The number of alkyl halides is 3. The van der Waals surface area contributed by atoms with Crippen LogP contribution in [0.2, 0.25) is 0 Å². The molecule has 0 aliphatic carbocycles. The second kappa shape index (κ2) is 9.04. The number of rotatable bonds is 5. The van der Waals surface area contributed by atoms with Crippen molar-refractivity contribution in [1.82, 2.24) is 24.7 Å². The summed E-state index contributed by atoms with van der Waals surface area (Å²) >= 11 is 0. The summed E-state index contributed by atoms with van der Waals surface area (Å²) in [5.74, 6) is 0.486. The van der Waals surface area contributed by atoms with Crippen LogP contribution in [0.4, 0.5) is 13.2 Å². The third-order valence-corrected chi connectivity index (χ3v) is 6.40. The minimum absolute atomic E-state index is 0.178. The Labute approximate surface area is 172 Å². The smallest absolute Gasteiger partial charge is 0.354 e. The highest BCUT2D eigenvalue weighted by atomic mass is 32.2. The van der Waals surface area contributed by atoms with Crippen LogP contribution in [-0.2, 0) is 16.6 Å². The van der Waals surface area contributed by atoms with Crippen LogP contribution in [0.25, 0.3) is 5.69 Å². The van der Waals surface area contributed by atoms with E-state index in [4.69, 9.17) is 0 Å². The summed E-state index contributed by atoms with van der Waals surface area (Å²) in [4.78, 5) is 4.12. The Balaban J connectivity index is 1.50. The summed E-state index contributed by atoms with van der Waals surface area (Å²) in [6, 6.07) is 9.47. The molecule has 0 bridgehead atoms. The standard InChI is InChI=1S/C18H23F3N6O2S/c1-22-17(23-11-14-12-24-27(13-14)16-5-3-2-4-6-16)25-15-7-9-26(10-8-15)30(28,29)18(19,20)21/h2-6,12-13,15H,7-11H2,1H3,(H2,22,23,25). The molecule has 0 unspecified atom stereocenters. The second-order valence-corrected chi connectivity index (χ2v) is 8.75. The van der Waals surface area contributed by atoms with Crippen molar-refractivity contribution in [3.8, 4) is 5.69 Å². The van der Waals surface area contributed by atoms with Gasteiger partial charge in [0.25, 0.3) is 0 Å². The maximum Gasteiger partial charge on any atom is 0.511 e. The molecule has 2 aromatic rings. The number of halogens is 3. The fourth-order valence-corrected chi connectivity index (χ4v) is 4.12. The largest absolute Gasteiger partial charge is 0.511 e. The molecule has 1 aliphatic heterocycles.